The number of halogens is 10. The van der Waals surface area contributed by atoms with E-state index in [4.69, 9.17) is 4.74 Å². The molecule has 1 aromatic carbocycles. The number of nitrogens with zero attached hydrogens (tertiary/aromatic N) is 3. The van der Waals surface area contributed by atoms with E-state index in [0.717, 1.165) is 22.8 Å². The highest BCUT2D eigenvalue weighted by Crippen LogP contribution is 2.39. The van der Waals surface area contributed by atoms with Crippen molar-refractivity contribution < 1.29 is 58.2 Å². The molecule has 258 valence electrons. The number of carbonyl (C=O) groups is 2. The predicted molar refractivity (Wildman–Crippen MR) is 146 cm³/mol. The first-order valence-corrected chi connectivity index (χ1v) is 14.0. The van der Waals surface area contributed by atoms with Gasteiger partial charge in [0.2, 0.25) is 11.8 Å². The van der Waals surface area contributed by atoms with Gasteiger partial charge in [-0.25, -0.2) is 13.8 Å². The Bertz CT molecular complexity index is 1610. The number of anilines is 2. The molecule has 47 heavy (non-hydrogen) atoms. The molecule has 0 aliphatic heterocycles. The standard InChI is InChI=1S/C28H28F10N6O3/c1-26(31,32)24(46)39-11-13-3-8-17(28(36,37)38)18(9-13)41-25-42-19-10-16(23(47-12-20(29)30)43-21(19)44(25)2)22(45)40-15-6-4-14(5-7-15)27(33,34)35/h3,8-10,14-15,20H,4-7,11-12H2,1-2H3,(H,39,46)(H,40,45)(H,41,42). The zero-order chi connectivity index (χ0) is 34.9. The zero-order valence-electron chi connectivity index (χ0n) is 24.6. The number of imidazole rings is 1. The number of nitrogens with one attached hydrogen (secondary N) is 3. The van der Waals surface area contributed by atoms with Crippen LogP contribution < -0.4 is 20.7 Å². The molecule has 1 aliphatic carbocycles. The molecule has 0 radical (unpaired) electrons. The van der Waals surface area contributed by atoms with Crippen molar-refractivity contribution in [1.29, 1.82) is 0 Å². The van der Waals surface area contributed by atoms with Crippen molar-refractivity contribution in [1.82, 2.24) is 25.2 Å². The lowest BCUT2D eigenvalue weighted by Gasteiger charge is -2.30. The Kier molecular flexibility index (Phi) is 10.1. The van der Waals surface area contributed by atoms with Crippen LogP contribution in [0.15, 0.2) is 24.3 Å². The van der Waals surface area contributed by atoms with Gasteiger partial charge in [0.15, 0.2) is 12.3 Å². The second kappa shape index (κ2) is 13.4. The van der Waals surface area contributed by atoms with Crippen LogP contribution in [0.5, 0.6) is 5.88 Å². The summed E-state index contributed by atoms with van der Waals surface area (Å²) in [6.07, 6.45) is -12.7. The van der Waals surface area contributed by atoms with Crippen LogP contribution in [0.3, 0.4) is 0 Å². The van der Waals surface area contributed by atoms with Crippen molar-refractivity contribution in [3.05, 3.63) is 41.0 Å². The smallest absolute Gasteiger partial charge is 0.418 e. The largest absolute Gasteiger partial charge is 0.471 e. The van der Waals surface area contributed by atoms with Gasteiger partial charge in [0, 0.05) is 26.6 Å². The summed E-state index contributed by atoms with van der Waals surface area (Å²) >= 11 is 0. The molecule has 0 unspecified atom stereocenters. The zero-order valence-corrected chi connectivity index (χ0v) is 24.6. The van der Waals surface area contributed by atoms with Crippen LogP contribution in [0.2, 0.25) is 0 Å². The molecular formula is C28H28F10N6O3. The van der Waals surface area contributed by atoms with E-state index in [2.05, 4.69) is 20.6 Å². The van der Waals surface area contributed by atoms with Crippen molar-refractivity contribution in [2.75, 3.05) is 11.9 Å². The summed E-state index contributed by atoms with van der Waals surface area (Å²) < 4.78 is 139. The number of pyridine rings is 1. The van der Waals surface area contributed by atoms with Gasteiger partial charge in [0.25, 0.3) is 18.2 Å². The minimum atomic E-state index is -4.90. The topological polar surface area (TPSA) is 110 Å². The number of hydrogen-bond donors (Lipinski definition) is 3. The first-order valence-electron chi connectivity index (χ1n) is 14.0. The second-order valence-electron chi connectivity index (χ2n) is 11.0. The summed E-state index contributed by atoms with van der Waals surface area (Å²) in [6.45, 7) is -1.37. The van der Waals surface area contributed by atoms with E-state index < -0.39 is 78.8 Å². The van der Waals surface area contributed by atoms with Gasteiger partial charge in [-0.1, -0.05) is 6.07 Å². The third-order valence-corrected chi connectivity index (χ3v) is 7.41. The van der Waals surface area contributed by atoms with E-state index >= 15 is 0 Å². The van der Waals surface area contributed by atoms with E-state index in [1.165, 1.54) is 7.05 Å². The predicted octanol–water partition coefficient (Wildman–Crippen LogP) is 6.50. The highest BCUT2D eigenvalue weighted by atomic mass is 19.4. The van der Waals surface area contributed by atoms with Crippen molar-refractivity contribution >= 4 is 34.6 Å². The molecule has 0 saturated heterocycles. The fourth-order valence-corrected chi connectivity index (χ4v) is 4.96. The van der Waals surface area contributed by atoms with Gasteiger partial charge in [-0.15, -0.1) is 0 Å². The molecule has 19 heteroatoms. The minimum Gasteiger partial charge on any atom is -0.471 e. The van der Waals surface area contributed by atoms with Crippen LogP contribution >= 0.6 is 0 Å². The van der Waals surface area contributed by atoms with Crippen molar-refractivity contribution in [2.45, 2.75) is 69.9 Å². The Labute approximate surface area is 260 Å². The van der Waals surface area contributed by atoms with Gasteiger partial charge >= 0.3 is 18.3 Å². The fourth-order valence-electron chi connectivity index (χ4n) is 4.96. The number of aryl methyl sites for hydroxylation is 1. The van der Waals surface area contributed by atoms with E-state index in [1.54, 1.807) is 0 Å². The number of ether oxygens (including phenoxy) is 1. The van der Waals surface area contributed by atoms with E-state index in [0.29, 0.717) is 13.0 Å². The molecule has 9 nitrogen and oxygen atoms in total. The van der Waals surface area contributed by atoms with Crippen LogP contribution in [-0.2, 0) is 24.6 Å². The van der Waals surface area contributed by atoms with Crippen molar-refractivity contribution in [2.24, 2.45) is 13.0 Å². The van der Waals surface area contributed by atoms with Crippen LogP contribution in [-0.4, -0.2) is 57.5 Å². The maximum atomic E-state index is 13.8. The summed E-state index contributed by atoms with van der Waals surface area (Å²) in [5.41, 5.74) is -2.35. The lowest BCUT2D eigenvalue weighted by atomic mass is 9.85. The maximum absolute atomic E-state index is 13.8. The van der Waals surface area contributed by atoms with Crippen molar-refractivity contribution in [3.8, 4) is 5.88 Å². The van der Waals surface area contributed by atoms with Gasteiger partial charge < -0.3 is 20.7 Å². The average molecular weight is 687 g/mol. The number of aromatic nitrogens is 3. The third kappa shape index (κ3) is 8.73. The first-order chi connectivity index (χ1) is 21.7. The van der Waals surface area contributed by atoms with E-state index in [-0.39, 0.29) is 53.9 Å². The molecule has 2 heterocycles. The summed E-state index contributed by atoms with van der Waals surface area (Å²) in [4.78, 5) is 32.9. The number of carbonyl (C=O) groups excluding carboxylic acids is 2. The second-order valence-corrected chi connectivity index (χ2v) is 11.0. The summed E-state index contributed by atoms with van der Waals surface area (Å²) in [6, 6.07) is 3.02. The van der Waals surface area contributed by atoms with Crippen LogP contribution in [0.4, 0.5) is 55.5 Å². The average Bonchev–Trinajstić information content (AvgIpc) is 3.26. The summed E-state index contributed by atoms with van der Waals surface area (Å²) in [5, 5.41) is 6.95. The van der Waals surface area contributed by atoms with Gasteiger partial charge in [-0.05, 0) is 49.4 Å². The molecule has 0 spiro atoms. The lowest BCUT2D eigenvalue weighted by molar-refractivity contribution is -0.182. The number of hydrogen-bond acceptors (Lipinski definition) is 6. The minimum absolute atomic E-state index is 0.00161. The monoisotopic (exact) mass is 686 g/mol. The molecule has 0 atom stereocenters. The van der Waals surface area contributed by atoms with E-state index in [9.17, 15) is 53.5 Å². The molecule has 2 aromatic heterocycles. The lowest BCUT2D eigenvalue weighted by Crippen LogP contribution is -2.40. The summed E-state index contributed by atoms with van der Waals surface area (Å²) in [7, 11) is 1.31. The Hall–Kier alpha value is -4.32. The summed E-state index contributed by atoms with van der Waals surface area (Å²) in [5.74, 6) is -8.64. The van der Waals surface area contributed by atoms with Gasteiger partial charge in [-0.3, -0.25) is 14.2 Å². The molecule has 1 aliphatic rings. The highest BCUT2D eigenvalue weighted by molar-refractivity contribution is 5.99. The number of benzene rings is 1. The SMILES string of the molecule is Cn1c(Nc2cc(CNC(=O)C(C)(F)F)ccc2C(F)(F)F)nc2cc(C(=O)NC3CCC(C(F)(F)F)CC3)c(OCC(F)F)nc21. The number of alkyl halides is 10. The van der Waals surface area contributed by atoms with Crippen molar-refractivity contribution in [3.63, 3.8) is 0 Å². The number of amides is 2. The van der Waals surface area contributed by atoms with E-state index in [1.807, 2.05) is 5.32 Å². The Morgan fingerprint density at radius 3 is 2.23 bits per heavy atom. The third-order valence-electron chi connectivity index (χ3n) is 7.41. The molecule has 3 aromatic rings. The van der Waals surface area contributed by atoms with Crippen LogP contribution in [0.1, 0.15) is 54.1 Å². The molecular weight excluding hydrogens is 658 g/mol. The number of fused-ring (bicyclic) bond motifs is 1. The molecule has 1 saturated carbocycles. The molecule has 2 amide bonds. The molecule has 0 bridgehead atoms. The molecule has 3 N–H and O–H groups in total. The maximum Gasteiger partial charge on any atom is 0.418 e. The Morgan fingerprint density at radius 1 is 1.00 bits per heavy atom. The van der Waals surface area contributed by atoms with Gasteiger partial charge in [0.05, 0.1) is 17.2 Å². The van der Waals surface area contributed by atoms with Gasteiger partial charge in [0.1, 0.15) is 11.1 Å². The highest BCUT2D eigenvalue weighted by Gasteiger charge is 2.42. The quantitative estimate of drug-likeness (QED) is 0.210. The Morgan fingerprint density at radius 2 is 1.66 bits per heavy atom. The molecule has 4 rings (SSSR count). The Balaban J connectivity index is 1.65. The first kappa shape index (κ1) is 35.5. The fraction of sp³-hybridized carbons (Fsp3) is 0.500. The normalized spacial score (nSPS) is 17.6. The van der Waals surface area contributed by atoms with Gasteiger partial charge in [-0.2, -0.15) is 40.1 Å². The molecule has 1 fully saturated rings. The van der Waals surface area contributed by atoms with Crippen LogP contribution in [0, 0.1) is 5.92 Å². The van der Waals surface area contributed by atoms with Crippen LogP contribution in [0.25, 0.3) is 11.2 Å². The number of rotatable bonds is 10.